The predicted octanol–water partition coefficient (Wildman–Crippen LogP) is 2.15. The highest BCUT2D eigenvalue weighted by atomic mass is 16.2. The largest absolute Gasteiger partial charge is 0.343 e. The van der Waals surface area contributed by atoms with Gasteiger partial charge in [0.25, 0.3) is 0 Å². The van der Waals surface area contributed by atoms with E-state index in [1.165, 1.54) is 0 Å². The number of amides is 1. The second-order valence-electron chi connectivity index (χ2n) is 6.31. The number of carbonyl (C=O) groups excluding carboxylic acids is 1. The standard InChI is InChI=1S/C13H26N2O/c1-13(2,3)9-12(16)15(4)11-7-5-10(14)6-8-11/h10-11H,5-9,14H2,1-4H3. The van der Waals surface area contributed by atoms with Crippen LogP contribution in [0.15, 0.2) is 0 Å². The molecule has 0 saturated heterocycles. The Balaban J connectivity index is 2.45. The van der Waals surface area contributed by atoms with Crippen LogP contribution in [0, 0.1) is 5.41 Å². The number of hydrogen-bond acceptors (Lipinski definition) is 2. The van der Waals surface area contributed by atoms with Gasteiger partial charge < -0.3 is 10.6 Å². The highest BCUT2D eigenvalue weighted by Gasteiger charge is 2.27. The Morgan fingerprint density at radius 1 is 1.25 bits per heavy atom. The molecule has 0 bridgehead atoms. The van der Waals surface area contributed by atoms with E-state index in [2.05, 4.69) is 20.8 Å². The summed E-state index contributed by atoms with van der Waals surface area (Å²) in [7, 11) is 1.94. The smallest absolute Gasteiger partial charge is 0.223 e. The third-order valence-electron chi connectivity index (χ3n) is 3.36. The van der Waals surface area contributed by atoms with Crippen molar-refractivity contribution in [1.82, 2.24) is 4.90 Å². The van der Waals surface area contributed by atoms with Crippen molar-refractivity contribution in [3.8, 4) is 0 Å². The van der Waals surface area contributed by atoms with E-state index in [9.17, 15) is 4.79 Å². The molecular formula is C13H26N2O. The van der Waals surface area contributed by atoms with Gasteiger partial charge in [0.15, 0.2) is 0 Å². The van der Waals surface area contributed by atoms with Gasteiger partial charge in [0.05, 0.1) is 0 Å². The third-order valence-corrected chi connectivity index (χ3v) is 3.36. The van der Waals surface area contributed by atoms with Crippen LogP contribution >= 0.6 is 0 Å². The summed E-state index contributed by atoms with van der Waals surface area (Å²) in [4.78, 5) is 14.0. The van der Waals surface area contributed by atoms with Crippen molar-refractivity contribution >= 4 is 5.91 Å². The second kappa shape index (κ2) is 5.17. The summed E-state index contributed by atoms with van der Waals surface area (Å²) in [6.45, 7) is 6.32. The van der Waals surface area contributed by atoms with Crippen molar-refractivity contribution < 1.29 is 4.79 Å². The lowest BCUT2D eigenvalue weighted by Gasteiger charge is -2.34. The highest BCUT2D eigenvalue weighted by molar-refractivity contribution is 5.76. The average molecular weight is 226 g/mol. The molecule has 0 aliphatic heterocycles. The zero-order valence-electron chi connectivity index (χ0n) is 11.1. The third kappa shape index (κ3) is 4.12. The molecule has 0 atom stereocenters. The fourth-order valence-electron chi connectivity index (χ4n) is 2.27. The maximum atomic E-state index is 12.0. The first-order valence-electron chi connectivity index (χ1n) is 6.31. The van der Waals surface area contributed by atoms with Gasteiger partial charge in [-0.3, -0.25) is 4.79 Å². The average Bonchev–Trinajstić information content (AvgIpc) is 2.15. The van der Waals surface area contributed by atoms with Gasteiger partial charge in [-0.2, -0.15) is 0 Å². The van der Waals surface area contributed by atoms with Crippen LogP contribution in [0.3, 0.4) is 0 Å². The molecule has 1 aliphatic rings. The molecular weight excluding hydrogens is 200 g/mol. The van der Waals surface area contributed by atoms with E-state index in [1.54, 1.807) is 0 Å². The lowest BCUT2D eigenvalue weighted by Crippen LogP contribution is -2.42. The van der Waals surface area contributed by atoms with E-state index in [0.717, 1.165) is 25.7 Å². The summed E-state index contributed by atoms with van der Waals surface area (Å²) in [6.07, 6.45) is 4.86. The molecule has 0 heterocycles. The van der Waals surface area contributed by atoms with E-state index in [0.29, 0.717) is 18.5 Å². The fourth-order valence-corrected chi connectivity index (χ4v) is 2.27. The van der Waals surface area contributed by atoms with Gasteiger partial charge in [-0.25, -0.2) is 0 Å². The first-order valence-corrected chi connectivity index (χ1v) is 6.31. The summed E-state index contributed by atoms with van der Waals surface area (Å²) in [5, 5.41) is 0. The van der Waals surface area contributed by atoms with E-state index >= 15 is 0 Å². The minimum absolute atomic E-state index is 0.0798. The molecule has 3 heteroatoms. The molecule has 16 heavy (non-hydrogen) atoms. The van der Waals surface area contributed by atoms with E-state index in [4.69, 9.17) is 5.73 Å². The Bertz CT molecular complexity index is 237. The first kappa shape index (κ1) is 13.5. The van der Waals surface area contributed by atoms with Crippen molar-refractivity contribution in [3.05, 3.63) is 0 Å². The number of rotatable bonds is 2. The van der Waals surface area contributed by atoms with Crippen LogP contribution in [-0.2, 0) is 4.79 Å². The maximum Gasteiger partial charge on any atom is 0.223 e. The van der Waals surface area contributed by atoms with Crippen molar-refractivity contribution in [1.29, 1.82) is 0 Å². The SMILES string of the molecule is CN(C(=O)CC(C)(C)C)C1CCC(N)CC1. The lowest BCUT2D eigenvalue weighted by molar-refractivity contribution is -0.134. The fraction of sp³-hybridized carbons (Fsp3) is 0.923. The summed E-state index contributed by atoms with van der Waals surface area (Å²) < 4.78 is 0. The Labute approximate surface area is 99.4 Å². The summed E-state index contributed by atoms with van der Waals surface area (Å²) in [5.74, 6) is 0.271. The molecule has 1 saturated carbocycles. The summed E-state index contributed by atoms with van der Waals surface area (Å²) >= 11 is 0. The Morgan fingerprint density at radius 3 is 2.19 bits per heavy atom. The van der Waals surface area contributed by atoms with Crippen molar-refractivity contribution in [2.24, 2.45) is 11.1 Å². The lowest BCUT2D eigenvalue weighted by atomic mass is 9.88. The van der Waals surface area contributed by atoms with Gasteiger partial charge in [0.2, 0.25) is 5.91 Å². The van der Waals surface area contributed by atoms with Gasteiger partial charge in [0, 0.05) is 25.6 Å². The van der Waals surface area contributed by atoms with Crippen LogP contribution in [0.25, 0.3) is 0 Å². The molecule has 0 unspecified atom stereocenters. The Hall–Kier alpha value is -0.570. The van der Waals surface area contributed by atoms with Crippen LogP contribution in [0.1, 0.15) is 52.9 Å². The summed E-state index contributed by atoms with van der Waals surface area (Å²) in [6, 6.07) is 0.761. The van der Waals surface area contributed by atoms with E-state index < -0.39 is 0 Å². The molecule has 3 nitrogen and oxygen atoms in total. The van der Waals surface area contributed by atoms with Gasteiger partial charge in [-0.1, -0.05) is 20.8 Å². The molecule has 0 aromatic rings. The molecule has 2 N–H and O–H groups in total. The molecule has 1 aliphatic carbocycles. The monoisotopic (exact) mass is 226 g/mol. The zero-order chi connectivity index (χ0) is 12.3. The van der Waals surface area contributed by atoms with Crippen molar-refractivity contribution in [2.75, 3.05) is 7.05 Å². The second-order valence-corrected chi connectivity index (χ2v) is 6.31. The van der Waals surface area contributed by atoms with Crippen LogP contribution in [0.4, 0.5) is 0 Å². The van der Waals surface area contributed by atoms with Crippen LogP contribution in [-0.4, -0.2) is 29.9 Å². The van der Waals surface area contributed by atoms with E-state index in [1.807, 2.05) is 11.9 Å². The van der Waals surface area contributed by atoms with Gasteiger partial charge in [-0.05, 0) is 31.1 Å². The highest BCUT2D eigenvalue weighted by Crippen LogP contribution is 2.25. The van der Waals surface area contributed by atoms with Gasteiger partial charge in [-0.15, -0.1) is 0 Å². The number of nitrogens with two attached hydrogens (primary N) is 1. The van der Waals surface area contributed by atoms with Crippen molar-refractivity contribution in [3.63, 3.8) is 0 Å². The summed E-state index contributed by atoms with van der Waals surface area (Å²) in [5.41, 5.74) is 5.95. The maximum absolute atomic E-state index is 12.0. The van der Waals surface area contributed by atoms with Crippen LogP contribution in [0.5, 0.6) is 0 Å². The predicted molar refractivity (Wildman–Crippen MR) is 67.1 cm³/mol. The molecule has 0 spiro atoms. The zero-order valence-corrected chi connectivity index (χ0v) is 11.1. The van der Waals surface area contributed by atoms with Crippen molar-refractivity contribution in [2.45, 2.75) is 65.0 Å². The molecule has 0 aromatic heterocycles. The molecule has 0 radical (unpaired) electrons. The quantitative estimate of drug-likeness (QED) is 0.784. The van der Waals surface area contributed by atoms with Crippen LogP contribution < -0.4 is 5.73 Å². The molecule has 1 amide bonds. The molecule has 1 fully saturated rings. The molecule has 1 rings (SSSR count). The first-order chi connectivity index (χ1) is 7.29. The topological polar surface area (TPSA) is 46.3 Å². The van der Waals surface area contributed by atoms with E-state index in [-0.39, 0.29) is 11.3 Å². The van der Waals surface area contributed by atoms with Gasteiger partial charge in [0.1, 0.15) is 0 Å². The molecule has 0 aromatic carbocycles. The normalized spacial score (nSPS) is 26.6. The number of hydrogen-bond donors (Lipinski definition) is 1. The number of carbonyl (C=O) groups is 1. The Morgan fingerprint density at radius 2 is 1.75 bits per heavy atom. The van der Waals surface area contributed by atoms with Gasteiger partial charge >= 0.3 is 0 Å². The number of nitrogens with zero attached hydrogens (tertiary/aromatic N) is 1. The van der Waals surface area contributed by atoms with Crippen LogP contribution in [0.2, 0.25) is 0 Å². The Kier molecular flexibility index (Phi) is 4.36. The minimum atomic E-state index is 0.0798. The minimum Gasteiger partial charge on any atom is -0.343 e. The molecule has 94 valence electrons.